The quantitative estimate of drug-likeness (QED) is 0.190. The van der Waals surface area contributed by atoms with E-state index in [1.807, 2.05) is 0 Å². The monoisotopic (exact) mass is 476 g/mol. The van der Waals surface area contributed by atoms with Gasteiger partial charge in [-0.25, -0.2) is 0 Å². The summed E-state index contributed by atoms with van der Waals surface area (Å²) in [4.78, 5) is 22.7. The van der Waals surface area contributed by atoms with Crippen LogP contribution < -0.4 is 20.7 Å². The summed E-state index contributed by atoms with van der Waals surface area (Å²) >= 11 is 23.0. The summed E-state index contributed by atoms with van der Waals surface area (Å²) in [5, 5.41) is 18.8. The first-order valence-electron chi connectivity index (χ1n) is 7.94. The maximum atomic E-state index is 12.5. The molecule has 2 aromatic rings. The van der Waals surface area contributed by atoms with Crippen molar-refractivity contribution in [3.8, 4) is 5.75 Å². The molecule has 0 aliphatic carbocycles. The highest BCUT2D eigenvalue weighted by Crippen LogP contribution is 2.29. The van der Waals surface area contributed by atoms with Gasteiger partial charge in [-0.2, -0.15) is 0 Å². The molecule has 0 radical (unpaired) electrons. The number of hydrogen-bond donors (Lipinski definition) is 3. The SMILES string of the molecule is COc1cccc(C(=O)N[C@@H](NC(=S)Nc2ccc([N+](=O)[O-])cc2)C(Cl)(Cl)Cl)c1. The zero-order chi connectivity index (χ0) is 21.6. The van der Waals surface area contributed by atoms with E-state index in [1.54, 1.807) is 18.2 Å². The highest BCUT2D eigenvalue weighted by molar-refractivity contribution is 7.80. The largest absolute Gasteiger partial charge is 0.497 e. The lowest BCUT2D eigenvalue weighted by Crippen LogP contribution is -2.56. The van der Waals surface area contributed by atoms with Crippen LogP contribution in [0.2, 0.25) is 0 Å². The number of benzene rings is 2. The topological polar surface area (TPSA) is 106 Å². The van der Waals surface area contributed by atoms with E-state index in [4.69, 9.17) is 51.8 Å². The Morgan fingerprint density at radius 3 is 2.38 bits per heavy atom. The van der Waals surface area contributed by atoms with Crippen LogP contribution in [0.3, 0.4) is 0 Å². The fourth-order valence-corrected chi connectivity index (χ4v) is 2.71. The molecule has 0 unspecified atom stereocenters. The fourth-order valence-electron chi connectivity index (χ4n) is 2.14. The Kier molecular flexibility index (Phi) is 7.86. The van der Waals surface area contributed by atoms with Crippen molar-refractivity contribution in [2.24, 2.45) is 0 Å². The Labute approximate surface area is 186 Å². The maximum absolute atomic E-state index is 12.5. The van der Waals surface area contributed by atoms with Gasteiger partial charge in [-0.3, -0.25) is 14.9 Å². The lowest BCUT2D eigenvalue weighted by Gasteiger charge is -2.27. The van der Waals surface area contributed by atoms with Gasteiger partial charge in [0, 0.05) is 23.4 Å². The number of ether oxygens (including phenoxy) is 1. The van der Waals surface area contributed by atoms with Gasteiger partial charge >= 0.3 is 0 Å². The molecule has 2 aromatic carbocycles. The average molecular weight is 478 g/mol. The summed E-state index contributed by atoms with van der Waals surface area (Å²) < 4.78 is 3.15. The first-order valence-corrected chi connectivity index (χ1v) is 9.48. The van der Waals surface area contributed by atoms with Gasteiger partial charge in [0.25, 0.3) is 11.6 Å². The van der Waals surface area contributed by atoms with Crippen LogP contribution in [-0.4, -0.2) is 33.0 Å². The fraction of sp³-hybridized carbons (Fsp3) is 0.176. The molecule has 0 saturated carbocycles. The van der Waals surface area contributed by atoms with Crippen LogP contribution in [-0.2, 0) is 0 Å². The van der Waals surface area contributed by atoms with Crippen molar-refractivity contribution in [3.05, 3.63) is 64.2 Å². The molecule has 2 rings (SSSR count). The second-order valence-electron chi connectivity index (χ2n) is 5.58. The number of carbonyl (C=O) groups is 1. The maximum Gasteiger partial charge on any atom is 0.269 e. The van der Waals surface area contributed by atoms with Crippen molar-refractivity contribution in [3.63, 3.8) is 0 Å². The number of nitro benzene ring substituents is 1. The van der Waals surface area contributed by atoms with Crippen molar-refractivity contribution in [1.29, 1.82) is 0 Å². The lowest BCUT2D eigenvalue weighted by atomic mass is 10.2. The first-order chi connectivity index (χ1) is 13.6. The molecule has 0 aliphatic heterocycles. The molecule has 3 N–H and O–H groups in total. The molecule has 154 valence electrons. The Balaban J connectivity index is 2.07. The van der Waals surface area contributed by atoms with Gasteiger partial charge in [0.1, 0.15) is 11.9 Å². The summed E-state index contributed by atoms with van der Waals surface area (Å²) in [5.41, 5.74) is 0.689. The molecule has 0 aliphatic rings. The number of hydrogen-bond acceptors (Lipinski definition) is 5. The van der Waals surface area contributed by atoms with E-state index in [1.165, 1.54) is 37.4 Å². The van der Waals surface area contributed by atoms with Crippen LogP contribution in [0.25, 0.3) is 0 Å². The molecule has 0 bridgehead atoms. The number of non-ortho nitro benzene ring substituents is 1. The van der Waals surface area contributed by atoms with Crippen LogP contribution in [0.4, 0.5) is 11.4 Å². The summed E-state index contributed by atoms with van der Waals surface area (Å²) in [6.07, 6.45) is -1.18. The van der Waals surface area contributed by atoms with Gasteiger partial charge in [0.05, 0.1) is 12.0 Å². The lowest BCUT2D eigenvalue weighted by molar-refractivity contribution is -0.384. The molecule has 0 spiro atoms. The number of nitrogens with zero attached hydrogens (tertiary/aromatic N) is 1. The van der Waals surface area contributed by atoms with Crippen LogP contribution in [0.5, 0.6) is 5.75 Å². The number of nitrogens with one attached hydrogen (secondary N) is 3. The van der Waals surface area contributed by atoms with E-state index >= 15 is 0 Å². The van der Waals surface area contributed by atoms with E-state index in [0.717, 1.165) is 0 Å². The number of halogens is 3. The Hall–Kier alpha value is -2.33. The standard InChI is InChI=1S/C17H15Cl3N4O4S/c1-28-13-4-2-3-10(9-13)14(25)22-15(17(18,19)20)23-16(29)21-11-5-7-12(8-6-11)24(26)27/h2-9,15H,1H3,(H,22,25)(H2,21,23,29)/t15-/m0/s1. The highest BCUT2D eigenvalue weighted by atomic mass is 35.6. The van der Waals surface area contributed by atoms with Gasteiger partial charge in [0.2, 0.25) is 3.79 Å². The highest BCUT2D eigenvalue weighted by Gasteiger charge is 2.35. The third-order valence-corrected chi connectivity index (χ3v) is 4.42. The van der Waals surface area contributed by atoms with Gasteiger partial charge in [0.15, 0.2) is 5.11 Å². The molecule has 0 fully saturated rings. The van der Waals surface area contributed by atoms with Crippen LogP contribution in [0, 0.1) is 10.1 Å². The van der Waals surface area contributed by atoms with E-state index in [0.29, 0.717) is 17.0 Å². The first kappa shape index (κ1) is 23.0. The van der Waals surface area contributed by atoms with E-state index < -0.39 is 20.8 Å². The number of anilines is 1. The number of carbonyl (C=O) groups excluding carboxylic acids is 1. The van der Waals surface area contributed by atoms with Crippen LogP contribution >= 0.6 is 47.0 Å². The summed E-state index contributed by atoms with van der Waals surface area (Å²) in [5.74, 6) is -0.0303. The predicted octanol–water partition coefficient (Wildman–Crippen LogP) is 4.02. The molecule has 0 aromatic heterocycles. The number of methoxy groups -OCH3 is 1. The second-order valence-corrected chi connectivity index (χ2v) is 8.36. The third-order valence-electron chi connectivity index (χ3n) is 3.55. The van der Waals surface area contributed by atoms with Crippen molar-refractivity contribution < 1.29 is 14.5 Å². The number of rotatable bonds is 6. The van der Waals surface area contributed by atoms with Gasteiger partial charge in [-0.1, -0.05) is 40.9 Å². The predicted molar refractivity (Wildman–Crippen MR) is 117 cm³/mol. The van der Waals surface area contributed by atoms with Gasteiger partial charge in [-0.05, 0) is 42.5 Å². The molecule has 0 saturated heterocycles. The number of nitro groups is 1. The number of thiocarbonyl (C=S) groups is 1. The number of alkyl halides is 3. The zero-order valence-corrected chi connectivity index (χ0v) is 17.9. The minimum absolute atomic E-state index is 0.0288. The molecule has 0 heterocycles. The summed E-state index contributed by atoms with van der Waals surface area (Å²) in [6, 6.07) is 12.0. The molecular formula is C17H15Cl3N4O4S. The molecule has 12 heteroatoms. The Morgan fingerprint density at radius 2 is 1.83 bits per heavy atom. The summed E-state index contributed by atoms with van der Waals surface area (Å²) in [6.45, 7) is 0. The van der Waals surface area contributed by atoms with Crippen molar-refractivity contribution >= 4 is 69.4 Å². The van der Waals surface area contributed by atoms with E-state index in [2.05, 4.69) is 16.0 Å². The Bertz CT molecular complexity index is 906. The zero-order valence-electron chi connectivity index (χ0n) is 14.8. The van der Waals surface area contributed by atoms with E-state index in [9.17, 15) is 14.9 Å². The van der Waals surface area contributed by atoms with Crippen molar-refractivity contribution in [2.75, 3.05) is 12.4 Å². The minimum atomic E-state index is -1.93. The minimum Gasteiger partial charge on any atom is -0.497 e. The van der Waals surface area contributed by atoms with Crippen molar-refractivity contribution in [1.82, 2.24) is 10.6 Å². The molecular weight excluding hydrogens is 463 g/mol. The van der Waals surface area contributed by atoms with Crippen molar-refractivity contribution in [2.45, 2.75) is 9.96 Å². The number of amides is 1. The normalized spacial score (nSPS) is 11.9. The van der Waals surface area contributed by atoms with Crippen LogP contribution in [0.1, 0.15) is 10.4 Å². The summed E-state index contributed by atoms with van der Waals surface area (Å²) in [7, 11) is 1.48. The molecule has 29 heavy (non-hydrogen) atoms. The third kappa shape index (κ3) is 6.90. The smallest absolute Gasteiger partial charge is 0.269 e. The molecule has 1 atom stereocenters. The Morgan fingerprint density at radius 1 is 1.17 bits per heavy atom. The van der Waals surface area contributed by atoms with E-state index in [-0.39, 0.29) is 10.8 Å². The molecule has 1 amide bonds. The van der Waals surface area contributed by atoms with Gasteiger partial charge in [-0.15, -0.1) is 0 Å². The molecule has 8 nitrogen and oxygen atoms in total. The average Bonchev–Trinajstić information content (AvgIpc) is 2.67. The second kappa shape index (κ2) is 9.93. The van der Waals surface area contributed by atoms with Gasteiger partial charge < -0.3 is 20.7 Å². The van der Waals surface area contributed by atoms with Crippen LogP contribution in [0.15, 0.2) is 48.5 Å².